The zero-order valence-corrected chi connectivity index (χ0v) is 12.6. The third-order valence-corrected chi connectivity index (χ3v) is 2.92. The molecule has 0 bridgehead atoms. The van der Waals surface area contributed by atoms with Gasteiger partial charge in [-0.25, -0.2) is 4.98 Å². The van der Waals surface area contributed by atoms with Gasteiger partial charge in [0.25, 0.3) is 0 Å². The maximum Gasteiger partial charge on any atom is 0.237 e. The molecule has 0 spiro atoms. The van der Waals surface area contributed by atoms with Crippen molar-refractivity contribution in [2.24, 2.45) is 0 Å². The van der Waals surface area contributed by atoms with Gasteiger partial charge >= 0.3 is 0 Å². The Balaban J connectivity index is 1.59. The number of hydrogen-bond donors (Lipinski definition) is 2. The van der Waals surface area contributed by atoms with E-state index < -0.39 is 0 Å². The number of ether oxygens (including phenoxy) is 3. The van der Waals surface area contributed by atoms with Gasteiger partial charge in [0.15, 0.2) is 11.5 Å². The fourth-order valence-electron chi connectivity index (χ4n) is 1.84. The van der Waals surface area contributed by atoms with Crippen LogP contribution in [0.2, 0.25) is 0 Å². The van der Waals surface area contributed by atoms with Gasteiger partial charge in [-0.3, -0.25) is 0 Å². The Morgan fingerprint density at radius 3 is 2.45 bits per heavy atom. The molecule has 3 N–H and O–H groups in total. The van der Waals surface area contributed by atoms with Crippen LogP contribution in [-0.2, 0) is 0 Å². The molecule has 1 aromatic heterocycles. The summed E-state index contributed by atoms with van der Waals surface area (Å²) in [7, 11) is 1.63. The molecule has 0 saturated heterocycles. The molecule has 0 fully saturated rings. The van der Waals surface area contributed by atoms with Crippen LogP contribution in [-0.4, -0.2) is 38.4 Å². The predicted octanol–water partition coefficient (Wildman–Crippen LogP) is 1.72. The van der Waals surface area contributed by atoms with Crippen LogP contribution in [0, 0.1) is 0 Å². The summed E-state index contributed by atoms with van der Waals surface area (Å²) >= 11 is 0. The van der Waals surface area contributed by atoms with Crippen LogP contribution in [0.3, 0.4) is 0 Å². The summed E-state index contributed by atoms with van der Waals surface area (Å²) in [4.78, 5) is 4.06. The molecule has 0 atom stereocenters. The van der Waals surface area contributed by atoms with E-state index in [1.54, 1.807) is 25.4 Å². The number of para-hydroxylation sites is 2. The zero-order chi connectivity index (χ0) is 15.6. The minimum atomic E-state index is 0.467. The first-order chi connectivity index (χ1) is 10.8. The second-order valence-electron chi connectivity index (χ2n) is 4.50. The lowest BCUT2D eigenvalue weighted by atomic mass is 10.3. The van der Waals surface area contributed by atoms with Crippen molar-refractivity contribution < 1.29 is 14.2 Å². The predicted molar refractivity (Wildman–Crippen MR) is 85.5 cm³/mol. The highest BCUT2D eigenvalue weighted by Crippen LogP contribution is 2.25. The van der Waals surface area contributed by atoms with Gasteiger partial charge in [0, 0.05) is 19.3 Å². The molecule has 1 aromatic carbocycles. The summed E-state index contributed by atoms with van der Waals surface area (Å²) in [5.74, 6) is 1.94. The lowest BCUT2D eigenvalue weighted by molar-refractivity contribution is 0.275. The monoisotopic (exact) mass is 303 g/mol. The summed E-state index contributed by atoms with van der Waals surface area (Å²) in [6, 6.07) is 11.1. The third-order valence-electron chi connectivity index (χ3n) is 2.92. The van der Waals surface area contributed by atoms with Crippen LogP contribution in [0.15, 0.2) is 42.6 Å². The lowest BCUT2D eigenvalue weighted by Crippen LogP contribution is -2.26. The van der Waals surface area contributed by atoms with Crippen molar-refractivity contribution in [1.29, 1.82) is 0 Å². The molecule has 0 aliphatic carbocycles. The molecule has 0 aliphatic heterocycles. The molecule has 0 radical (unpaired) electrons. The van der Waals surface area contributed by atoms with Crippen molar-refractivity contribution in [1.82, 2.24) is 10.3 Å². The van der Waals surface area contributed by atoms with E-state index in [4.69, 9.17) is 19.9 Å². The Morgan fingerprint density at radius 1 is 1.00 bits per heavy atom. The Labute approximate surface area is 130 Å². The topological polar surface area (TPSA) is 78.6 Å². The van der Waals surface area contributed by atoms with E-state index in [1.165, 1.54) is 0 Å². The number of nitrogen functional groups attached to an aromatic ring is 1. The number of rotatable bonds is 9. The minimum absolute atomic E-state index is 0.467. The number of nitrogens with two attached hydrogens (primary N) is 1. The number of benzene rings is 1. The second-order valence-corrected chi connectivity index (χ2v) is 4.50. The number of anilines is 1. The second kappa shape index (κ2) is 8.74. The maximum absolute atomic E-state index is 5.73. The van der Waals surface area contributed by atoms with E-state index in [1.807, 2.05) is 24.3 Å². The third kappa shape index (κ3) is 4.82. The Hall–Kier alpha value is -2.47. The van der Waals surface area contributed by atoms with Gasteiger partial charge in [0.1, 0.15) is 13.2 Å². The van der Waals surface area contributed by atoms with Crippen LogP contribution in [0.25, 0.3) is 0 Å². The molecule has 0 unspecified atom stereocenters. The largest absolute Gasteiger partial charge is 0.493 e. The molecule has 118 valence electrons. The summed E-state index contributed by atoms with van der Waals surface area (Å²) in [5, 5.41) is 3.22. The molecule has 0 amide bonds. The molecule has 6 heteroatoms. The highest BCUT2D eigenvalue weighted by Gasteiger charge is 2.02. The van der Waals surface area contributed by atoms with Crippen LogP contribution in [0.5, 0.6) is 17.4 Å². The fraction of sp³-hybridized carbons (Fsp3) is 0.312. The molecule has 0 aliphatic rings. The number of methoxy groups -OCH3 is 1. The molecule has 2 rings (SSSR count). The van der Waals surface area contributed by atoms with Crippen molar-refractivity contribution in [3.05, 3.63) is 42.6 Å². The number of hydrogen-bond acceptors (Lipinski definition) is 6. The van der Waals surface area contributed by atoms with Gasteiger partial charge in [-0.15, -0.1) is 0 Å². The number of pyridine rings is 1. The first kappa shape index (κ1) is 15.9. The number of nitrogens with zero attached hydrogens (tertiary/aromatic N) is 1. The van der Waals surface area contributed by atoms with Crippen LogP contribution in [0.1, 0.15) is 0 Å². The molecule has 6 nitrogen and oxygen atoms in total. The fourth-order valence-corrected chi connectivity index (χ4v) is 1.84. The lowest BCUT2D eigenvalue weighted by Gasteiger charge is -2.11. The van der Waals surface area contributed by atoms with Crippen molar-refractivity contribution in [2.45, 2.75) is 0 Å². The standard InChI is InChI=1S/C16H21N3O3/c1-20-14-6-2-3-7-15(14)21-11-9-18-10-12-22-16-13(17)5-4-8-19-16/h2-8,18H,9-12,17H2,1H3. The first-order valence-electron chi connectivity index (χ1n) is 7.11. The summed E-state index contributed by atoms with van der Waals surface area (Å²) in [6.07, 6.45) is 1.65. The Morgan fingerprint density at radius 2 is 1.73 bits per heavy atom. The highest BCUT2D eigenvalue weighted by atomic mass is 16.5. The van der Waals surface area contributed by atoms with Crippen molar-refractivity contribution in [3.8, 4) is 17.4 Å². The van der Waals surface area contributed by atoms with Crippen LogP contribution in [0.4, 0.5) is 5.69 Å². The molecule has 2 aromatic rings. The molecule has 0 saturated carbocycles. The van der Waals surface area contributed by atoms with Gasteiger partial charge in [0.05, 0.1) is 12.8 Å². The molecule has 1 heterocycles. The zero-order valence-electron chi connectivity index (χ0n) is 12.6. The van der Waals surface area contributed by atoms with Gasteiger partial charge in [-0.1, -0.05) is 12.1 Å². The highest BCUT2D eigenvalue weighted by molar-refractivity contribution is 5.46. The molecular weight excluding hydrogens is 282 g/mol. The van der Waals surface area contributed by atoms with E-state index in [0.717, 1.165) is 11.5 Å². The van der Waals surface area contributed by atoms with Crippen LogP contribution >= 0.6 is 0 Å². The molecule has 22 heavy (non-hydrogen) atoms. The van der Waals surface area contributed by atoms with Crippen molar-refractivity contribution in [3.63, 3.8) is 0 Å². The quantitative estimate of drug-likeness (QED) is 0.687. The van der Waals surface area contributed by atoms with E-state index in [-0.39, 0.29) is 0 Å². The minimum Gasteiger partial charge on any atom is -0.493 e. The Kier molecular flexibility index (Phi) is 6.32. The van der Waals surface area contributed by atoms with E-state index in [2.05, 4.69) is 10.3 Å². The van der Waals surface area contributed by atoms with Gasteiger partial charge in [0.2, 0.25) is 5.88 Å². The van der Waals surface area contributed by atoms with Gasteiger partial charge < -0.3 is 25.3 Å². The van der Waals surface area contributed by atoms with Gasteiger partial charge in [-0.2, -0.15) is 0 Å². The average molecular weight is 303 g/mol. The number of nitrogens with one attached hydrogen (secondary N) is 1. The average Bonchev–Trinajstić information content (AvgIpc) is 2.56. The van der Waals surface area contributed by atoms with E-state index in [9.17, 15) is 0 Å². The smallest absolute Gasteiger partial charge is 0.237 e. The summed E-state index contributed by atoms with van der Waals surface area (Å²) in [6.45, 7) is 2.44. The van der Waals surface area contributed by atoms with Crippen molar-refractivity contribution in [2.75, 3.05) is 39.1 Å². The van der Waals surface area contributed by atoms with Crippen LogP contribution < -0.4 is 25.3 Å². The van der Waals surface area contributed by atoms with E-state index in [0.29, 0.717) is 37.9 Å². The molecular formula is C16H21N3O3. The first-order valence-corrected chi connectivity index (χ1v) is 7.11. The van der Waals surface area contributed by atoms with Gasteiger partial charge in [-0.05, 0) is 24.3 Å². The summed E-state index contributed by atoms with van der Waals surface area (Å²) < 4.78 is 16.3. The Bertz CT molecular complexity index is 578. The van der Waals surface area contributed by atoms with E-state index >= 15 is 0 Å². The number of aromatic nitrogens is 1. The summed E-state index contributed by atoms with van der Waals surface area (Å²) in [5.41, 5.74) is 6.28. The normalized spacial score (nSPS) is 10.2. The SMILES string of the molecule is COc1ccccc1OCCNCCOc1ncccc1N. The maximum atomic E-state index is 5.73. The van der Waals surface area contributed by atoms with Crippen molar-refractivity contribution >= 4 is 5.69 Å².